The molecule has 76 valence electrons. The molecule has 0 saturated carbocycles. The van der Waals surface area contributed by atoms with Gasteiger partial charge in [-0.1, -0.05) is 0 Å². The van der Waals surface area contributed by atoms with Gasteiger partial charge < -0.3 is 15.4 Å². The molecule has 1 heterocycles. The van der Waals surface area contributed by atoms with Crippen molar-refractivity contribution in [1.29, 1.82) is 0 Å². The van der Waals surface area contributed by atoms with Crippen LogP contribution in [0.5, 0.6) is 0 Å². The molecular formula is C9H18N2O2. The van der Waals surface area contributed by atoms with E-state index in [0.717, 1.165) is 19.4 Å². The molecule has 13 heavy (non-hydrogen) atoms. The van der Waals surface area contributed by atoms with Crippen molar-refractivity contribution in [3.05, 3.63) is 0 Å². The van der Waals surface area contributed by atoms with Crippen LogP contribution in [0.15, 0.2) is 0 Å². The van der Waals surface area contributed by atoms with Gasteiger partial charge in [-0.2, -0.15) is 0 Å². The van der Waals surface area contributed by atoms with Crippen molar-refractivity contribution in [3.8, 4) is 0 Å². The second kappa shape index (κ2) is 5.19. The predicted molar refractivity (Wildman–Crippen MR) is 50.3 cm³/mol. The van der Waals surface area contributed by atoms with Crippen molar-refractivity contribution in [2.75, 3.05) is 26.3 Å². The van der Waals surface area contributed by atoms with E-state index in [9.17, 15) is 4.79 Å². The zero-order chi connectivity index (χ0) is 9.68. The van der Waals surface area contributed by atoms with Crippen LogP contribution in [0.2, 0.25) is 0 Å². The van der Waals surface area contributed by atoms with E-state index in [0.29, 0.717) is 19.8 Å². The largest absolute Gasteiger partial charge is 0.378 e. The summed E-state index contributed by atoms with van der Waals surface area (Å²) >= 11 is 0. The summed E-state index contributed by atoms with van der Waals surface area (Å²) < 4.78 is 5.33. The minimum absolute atomic E-state index is 0.152. The van der Waals surface area contributed by atoms with Gasteiger partial charge in [0.1, 0.15) is 0 Å². The highest BCUT2D eigenvalue weighted by atomic mass is 16.5. The number of ether oxygens (including phenoxy) is 1. The van der Waals surface area contributed by atoms with Gasteiger partial charge in [0.2, 0.25) is 5.91 Å². The van der Waals surface area contributed by atoms with Crippen molar-refractivity contribution in [2.45, 2.75) is 25.8 Å². The molecule has 0 bridgehead atoms. The van der Waals surface area contributed by atoms with E-state index in [2.05, 4.69) is 0 Å². The van der Waals surface area contributed by atoms with Crippen molar-refractivity contribution < 1.29 is 9.53 Å². The van der Waals surface area contributed by atoms with Crippen molar-refractivity contribution >= 4 is 5.91 Å². The van der Waals surface area contributed by atoms with E-state index in [1.807, 2.05) is 4.90 Å². The zero-order valence-corrected chi connectivity index (χ0v) is 8.16. The second-order valence-corrected chi connectivity index (χ2v) is 3.37. The Hall–Kier alpha value is -0.610. The third kappa shape index (κ3) is 2.97. The summed E-state index contributed by atoms with van der Waals surface area (Å²) in [5.74, 6) is 0.152. The van der Waals surface area contributed by atoms with Crippen molar-refractivity contribution in [2.24, 2.45) is 5.73 Å². The average molecular weight is 186 g/mol. The quantitative estimate of drug-likeness (QED) is 0.627. The summed E-state index contributed by atoms with van der Waals surface area (Å²) in [5, 5.41) is 0. The van der Waals surface area contributed by atoms with Crippen LogP contribution in [0.1, 0.15) is 19.8 Å². The average Bonchev–Trinajstić information content (AvgIpc) is 2.53. The maximum absolute atomic E-state index is 11.1. The second-order valence-electron chi connectivity index (χ2n) is 3.37. The normalized spacial score (nSPS) is 22.3. The molecule has 0 spiro atoms. The SMILES string of the molecule is CC(=O)N1CCC[C@@H]1COCCN. The zero-order valence-electron chi connectivity index (χ0n) is 8.16. The third-order valence-corrected chi connectivity index (χ3v) is 2.35. The van der Waals surface area contributed by atoms with E-state index >= 15 is 0 Å². The fourth-order valence-corrected chi connectivity index (χ4v) is 1.73. The Kier molecular flexibility index (Phi) is 4.18. The van der Waals surface area contributed by atoms with Crippen molar-refractivity contribution in [1.82, 2.24) is 4.90 Å². The predicted octanol–water partition coefficient (Wildman–Crippen LogP) is -0.0274. The summed E-state index contributed by atoms with van der Waals surface area (Å²) in [6.45, 7) is 4.26. The number of amides is 1. The Labute approximate surface area is 79.0 Å². The first kappa shape index (κ1) is 10.5. The van der Waals surface area contributed by atoms with Crippen LogP contribution in [-0.4, -0.2) is 43.2 Å². The maximum Gasteiger partial charge on any atom is 0.219 e. The molecule has 1 fully saturated rings. The molecule has 4 heteroatoms. The van der Waals surface area contributed by atoms with Gasteiger partial charge in [0, 0.05) is 20.0 Å². The molecule has 1 aliphatic heterocycles. The Morgan fingerprint density at radius 1 is 1.69 bits per heavy atom. The lowest BCUT2D eigenvalue weighted by atomic mass is 10.2. The fraction of sp³-hybridized carbons (Fsp3) is 0.889. The fourth-order valence-electron chi connectivity index (χ4n) is 1.73. The molecule has 4 nitrogen and oxygen atoms in total. The Balaban J connectivity index is 2.27. The van der Waals surface area contributed by atoms with Crippen LogP contribution in [0, 0.1) is 0 Å². The number of likely N-dealkylation sites (tertiary alicyclic amines) is 1. The van der Waals surface area contributed by atoms with E-state index < -0.39 is 0 Å². The van der Waals surface area contributed by atoms with Crippen LogP contribution < -0.4 is 5.73 Å². The summed E-state index contributed by atoms with van der Waals surface area (Å²) in [6.07, 6.45) is 2.15. The molecular weight excluding hydrogens is 168 g/mol. The van der Waals surface area contributed by atoms with Gasteiger partial charge in [0.15, 0.2) is 0 Å². The lowest BCUT2D eigenvalue weighted by molar-refractivity contribution is -0.130. The minimum atomic E-state index is 0.152. The van der Waals surface area contributed by atoms with E-state index in [-0.39, 0.29) is 11.9 Å². The molecule has 0 aromatic heterocycles. The van der Waals surface area contributed by atoms with Gasteiger partial charge in [-0.05, 0) is 12.8 Å². The van der Waals surface area contributed by atoms with Gasteiger partial charge in [-0.15, -0.1) is 0 Å². The van der Waals surface area contributed by atoms with Crippen LogP contribution in [0.3, 0.4) is 0 Å². The maximum atomic E-state index is 11.1. The molecule has 0 aliphatic carbocycles. The van der Waals surface area contributed by atoms with Gasteiger partial charge >= 0.3 is 0 Å². The first-order chi connectivity index (χ1) is 6.25. The summed E-state index contributed by atoms with van der Waals surface area (Å²) in [5.41, 5.74) is 5.30. The van der Waals surface area contributed by atoms with Crippen LogP contribution in [0.25, 0.3) is 0 Å². The smallest absolute Gasteiger partial charge is 0.219 e. The molecule has 1 aliphatic rings. The van der Waals surface area contributed by atoms with E-state index in [4.69, 9.17) is 10.5 Å². The molecule has 2 N–H and O–H groups in total. The molecule has 1 atom stereocenters. The van der Waals surface area contributed by atoms with Gasteiger partial charge in [-0.25, -0.2) is 0 Å². The van der Waals surface area contributed by atoms with Crippen molar-refractivity contribution in [3.63, 3.8) is 0 Å². The molecule has 1 amide bonds. The monoisotopic (exact) mass is 186 g/mol. The lowest BCUT2D eigenvalue weighted by Gasteiger charge is -2.22. The van der Waals surface area contributed by atoms with E-state index in [1.54, 1.807) is 6.92 Å². The van der Waals surface area contributed by atoms with E-state index in [1.165, 1.54) is 0 Å². The highest BCUT2D eigenvalue weighted by Gasteiger charge is 2.26. The number of carbonyl (C=O) groups excluding carboxylic acids is 1. The third-order valence-electron chi connectivity index (χ3n) is 2.35. The number of rotatable bonds is 4. The van der Waals surface area contributed by atoms with Crippen LogP contribution in [-0.2, 0) is 9.53 Å². The van der Waals surface area contributed by atoms with Crippen LogP contribution >= 0.6 is 0 Å². The molecule has 0 radical (unpaired) electrons. The number of hydrogen-bond acceptors (Lipinski definition) is 3. The molecule has 1 rings (SSSR count). The standard InChI is InChI=1S/C9H18N2O2/c1-8(12)11-5-2-3-9(11)7-13-6-4-10/h9H,2-7,10H2,1H3/t9-/m1/s1. The molecule has 0 aromatic carbocycles. The van der Waals surface area contributed by atoms with Gasteiger partial charge in [-0.3, -0.25) is 4.79 Å². The van der Waals surface area contributed by atoms with Gasteiger partial charge in [0.05, 0.1) is 19.3 Å². The summed E-state index contributed by atoms with van der Waals surface area (Å²) in [4.78, 5) is 13.0. The molecule has 1 saturated heterocycles. The highest BCUT2D eigenvalue weighted by molar-refractivity contribution is 5.73. The van der Waals surface area contributed by atoms with Crippen LogP contribution in [0.4, 0.5) is 0 Å². The molecule has 0 aromatic rings. The first-order valence-electron chi connectivity index (χ1n) is 4.80. The number of nitrogens with zero attached hydrogens (tertiary/aromatic N) is 1. The number of carbonyl (C=O) groups is 1. The minimum Gasteiger partial charge on any atom is -0.378 e. The Morgan fingerprint density at radius 3 is 3.08 bits per heavy atom. The summed E-state index contributed by atoms with van der Waals surface area (Å²) in [6, 6.07) is 0.282. The summed E-state index contributed by atoms with van der Waals surface area (Å²) in [7, 11) is 0. The first-order valence-corrected chi connectivity index (χ1v) is 4.80. The lowest BCUT2D eigenvalue weighted by Crippen LogP contribution is -2.37. The topological polar surface area (TPSA) is 55.6 Å². The highest BCUT2D eigenvalue weighted by Crippen LogP contribution is 2.17. The number of hydrogen-bond donors (Lipinski definition) is 1. The Bertz CT molecular complexity index is 173. The molecule has 0 unspecified atom stereocenters. The number of nitrogens with two attached hydrogens (primary N) is 1. The van der Waals surface area contributed by atoms with Gasteiger partial charge in [0.25, 0.3) is 0 Å². The Morgan fingerprint density at radius 2 is 2.46 bits per heavy atom.